The van der Waals surface area contributed by atoms with Gasteiger partial charge >= 0.3 is 0 Å². The van der Waals surface area contributed by atoms with Crippen molar-refractivity contribution in [3.05, 3.63) is 65.7 Å². The van der Waals surface area contributed by atoms with Crippen LogP contribution < -0.4 is 10.1 Å². The molecule has 28 heavy (non-hydrogen) atoms. The van der Waals surface area contributed by atoms with Crippen molar-refractivity contribution in [3.63, 3.8) is 0 Å². The summed E-state index contributed by atoms with van der Waals surface area (Å²) in [6.07, 6.45) is 0.300. The molecule has 0 aromatic heterocycles. The maximum Gasteiger partial charge on any atom is 0.253 e. The second-order valence-corrected chi connectivity index (χ2v) is 6.98. The van der Waals surface area contributed by atoms with Crippen LogP contribution in [0.5, 0.6) is 5.75 Å². The molecule has 1 N–H and O–H groups in total. The number of piperazine rings is 1. The van der Waals surface area contributed by atoms with Gasteiger partial charge in [-0.1, -0.05) is 30.3 Å². The monoisotopic (exact) mass is 381 g/mol. The summed E-state index contributed by atoms with van der Waals surface area (Å²) in [5.74, 6) is 0.770. The Morgan fingerprint density at radius 2 is 1.64 bits per heavy atom. The minimum absolute atomic E-state index is 0.0616. The van der Waals surface area contributed by atoms with Crippen LogP contribution in [-0.2, 0) is 11.3 Å². The Kier molecular flexibility index (Phi) is 7.03. The zero-order valence-corrected chi connectivity index (χ0v) is 16.3. The van der Waals surface area contributed by atoms with E-state index in [0.717, 1.165) is 37.5 Å². The molecule has 1 heterocycles. The molecule has 0 bridgehead atoms. The third-order valence-corrected chi connectivity index (χ3v) is 4.82. The van der Waals surface area contributed by atoms with Crippen molar-refractivity contribution in [2.45, 2.75) is 13.0 Å². The maximum atomic E-state index is 12.5. The quantitative estimate of drug-likeness (QED) is 0.798. The lowest BCUT2D eigenvalue weighted by Crippen LogP contribution is -2.47. The molecule has 6 heteroatoms. The van der Waals surface area contributed by atoms with Gasteiger partial charge in [0.05, 0.1) is 13.0 Å². The highest BCUT2D eigenvalue weighted by Crippen LogP contribution is 2.11. The molecule has 2 aromatic carbocycles. The predicted octanol–water partition coefficient (Wildman–Crippen LogP) is 2.16. The molecule has 0 radical (unpaired) electrons. The lowest BCUT2D eigenvalue weighted by Gasteiger charge is -2.32. The standard InChI is InChI=1S/C22H27N3O3/c1-24-12-14-25(15-13-24)22(27)19-9-7-18(8-10-19)17-23-21(26)11-16-28-20-5-3-2-4-6-20/h2-10H,11-17H2,1H3,(H,23,26). The largest absolute Gasteiger partial charge is 0.493 e. The fourth-order valence-corrected chi connectivity index (χ4v) is 3.02. The summed E-state index contributed by atoms with van der Waals surface area (Å²) < 4.78 is 5.53. The van der Waals surface area contributed by atoms with E-state index < -0.39 is 0 Å². The van der Waals surface area contributed by atoms with Gasteiger partial charge in [-0.05, 0) is 36.9 Å². The average Bonchev–Trinajstić information content (AvgIpc) is 2.73. The van der Waals surface area contributed by atoms with Gasteiger partial charge in [-0.15, -0.1) is 0 Å². The highest BCUT2D eigenvalue weighted by molar-refractivity contribution is 5.94. The van der Waals surface area contributed by atoms with E-state index >= 15 is 0 Å². The van der Waals surface area contributed by atoms with Crippen molar-refractivity contribution >= 4 is 11.8 Å². The van der Waals surface area contributed by atoms with E-state index in [4.69, 9.17) is 4.74 Å². The van der Waals surface area contributed by atoms with E-state index in [1.165, 1.54) is 0 Å². The Labute approximate surface area is 166 Å². The number of carbonyl (C=O) groups excluding carboxylic acids is 2. The number of hydrogen-bond acceptors (Lipinski definition) is 4. The molecule has 0 saturated carbocycles. The number of nitrogens with one attached hydrogen (secondary N) is 1. The van der Waals surface area contributed by atoms with Crippen LogP contribution in [0.25, 0.3) is 0 Å². The topological polar surface area (TPSA) is 61.9 Å². The molecule has 1 aliphatic heterocycles. The molecular formula is C22H27N3O3. The van der Waals surface area contributed by atoms with Crippen molar-refractivity contribution in [3.8, 4) is 5.75 Å². The molecule has 6 nitrogen and oxygen atoms in total. The summed E-state index contributed by atoms with van der Waals surface area (Å²) in [4.78, 5) is 28.6. The SMILES string of the molecule is CN1CCN(C(=O)c2ccc(CNC(=O)CCOc3ccccc3)cc2)CC1. The molecule has 1 fully saturated rings. The van der Waals surface area contributed by atoms with Gasteiger partial charge in [0.25, 0.3) is 5.91 Å². The Balaban J connectivity index is 1.40. The lowest BCUT2D eigenvalue weighted by molar-refractivity contribution is -0.121. The number of nitrogens with zero attached hydrogens (tertiary/aromatic N) is 2. The van der Waals surface area contributed by atoms with Gasteiger partial charge < -0.3 is 19.9 Å². The highest BCUT2D eigenvalue weighted by Gasteiger charge is 2.20. The Hall–Kier alpha value is -2.86. The molecule has 0 atom stereocenters. The summed E-state index contributed by atoms with van der Waals surface area (Å²) in [5.41, 5.74) is 1.66. The van der Waals surface area contributed by atoms with Crippen LogP contribution in [0.1, 0.15) is 22.3 Å². The van der Waals surface area contributed by atoms with E-state index in [0.29, 0.717) is 25.1 Å². The highest BCUT2D eigenvalue weighted by atomic mass is 16.5. The molecule has 148 valence electrons. The van der Waals surface area contributed by atoms with Crippen molar-refractivity contribution in [1.82, 2.24) is 15.1 Å². The van der Waals surface area contributed by atoms with Gasteiger partial charge in [-0.25, -0.2) is 0 Å². The Morgan fingerprint density at radius 3 is 2.32 bits per heavy atom. The summed E-state index contributed by atoms with van der Waals surface area (Å²) in [7, 11) is 2.07. The molecule has 3 rings (SSSR count). The first kappa shape index (κ1) is 19.9. The molecular weight excluding hydrogens is 354 g/mol. The third kappa shape index (κ3) is 5.82. The van der Waals surface area contributed by atoms with Gasteiger partial charge in [0.15, 0.2) is 0 Å². The van der Waals surface area contributed by atoms with Crippen molar-refractivity contribution in [1.29, 1.82) is 0 Å². The van der Waals surface area contributed by atoms with Crippen LogP contribution in [0.2, 0.25) is 0 Å². The van der Waals surface area contributed by atoms with Crippen LogP contribution in [0.15, 0.2) is 54.6 Å². The number of carbonyl (C=O) groups is 2. The summed E-state index contributed by atoms with van der Waals surface area (Å²) in [6.45, 7) is 4.12. The number of amides is 2. The summed E-state index contributed by atoms with van der Waals surface area (Å²) in [5, 5.41) is 2.88. The smallest absolute Gasteiger partial charge is 0.253 e. The Morgan fingerprint density at radius 1 is 0.964 bits per heavy atom. The number of para-hydroxylation sites is 1. The van der Waals surface area contributed by atoms with Gasteiger partial charge in [-0.3, -0.25) is 9.59 Å². The van der Waals surface area contributed by atoms with E-state index in [-0.39, 0.29) is 11.8 Å². The minimum Gasteiger partial charge on any atom is -0.493 e. The molecule has 0 unspecified atom stereocenters. The van der Waals surface area contributed by atoms with Crippen molar-refractivity contribution < 1.29 is 14.3 Å². The fourth-order valence-electron chi connectivity index (χ4n) is 3.02. The number of likely N-dealkylation sites (N-methyl/N-ethyl adjacent to an activating group) is 1. The normalized spacial score (nSPS) is 14.5. The van der Waals surface area contributed by atoms with Crippen LogP contribution in [0.3, 0.4) is 0 Å². The first-order chi connectivity index (χ1) is 13.6. The van der Waals surface area contributed by atoms with E-state index in [9.17, 15) is 9.59 Å². The van der Waals surface area contributed by atoms with E-state index in [2.05, 4.69) is 17.3 Å². The van der Waals surface area contributed by atoms with Crippen LogP contribution in [0, 0.1) is 0 Å². The minimum atomic E-state index is -0.0616. The van der Waals surface area contributed by atoms with Crippen LogP contribution >= 0.6 is 0 Å². The van der Waals surface area contributed by atoms with Crippen LogP contribution in [0.4, 0.5) is 0 Å². The zero-order valence-electron chi connectivity index (χ0n) is 16.3. The first-order valence-corrected chi connectivity index (χ1v) is 9.63. The first-order valence-electron chi connectivity index (χ1n) is 9.63. The number of benzene rings is 2. The van der Waals surface area contributed by atoms with Gasteiger partial charge in [0.1, 0.15) is 5.75 Å². The second kappa shape index (κ2) is 9.90. The molecule has 0 aliphatic carbocycles. The van der Waals surface area contributed by atoms with Crippen molar-refractivity contribution in [2.24, 2.45) is 0 Å². The van der Waals surface area contributed by atoms with Crippen LogP contribution in [-0.4, -0.2) is 61.4 Å². The number of rotatable bonds is 7. The average molecular weight is 381 g/mol. The third-order valence-electron chi connectivity index (χ3n) is 4.82. The van der Waals surface area contributed by atoms with E-state index in [1.54, 1.807) is 0 Å². The predicted molar refractivity (Wildman–Crippen MR) is 108 cm³/mol. The fraction of sp³-hybridized carbons (Fsp3) is 0.364. The molecule has 0 spiro atoms. The number of hydrogen-bond donors (Lipinski definition) is 1. The second-order valence-electron chi connectivity index (χ2n) is 6.98. The summed E-state index contributed by atoms with van der Waals surface area (Å²) >= 11 is 0. The number of ether oxygens (including phenoxy) is 1. The molecule has 2 amide bonds. The van der Waals surface area contributed by atoms with E-state index in [1.807, 2.05) is 59.5 Å². The summed E-state index contributed by atoms with van der Waals surface area (Å²) in [6, 6.07) is 16.9. The molecule has 1 aliphatic rings. The van der Waals surface area contributed by atoms with Crippen molar-refractivity contribution in [2.75, 3.05) is 39.8 Å². The molecule has 2 aromatic rings. The molecule has 1 saturated heterocycles. The van der Waals surface area contributed by atoms with Gasteiger partial charge in [-0.2, -0.15) is 0 Å². The lowest BCUT2D eigenvalue weighted by atomic mass is 10.1. The zero-order chi connectivity index (χ0) is 19.8. The van der Waals surface area contributed by atoms with Gasteiger partial charge in [0, 0.05) is 38.3 Å². The maximum absolute atomic E-state index is 12.5. The van der Waals surface area contributed by atoms with Gasteiger partial charge in [0.2, 0.25) is 5.91 Å². The Bertz CT molecular complexity index is 769.